The third kappa shape index (κ3) is 5.93. The maximum atomic E-state index is 2.43. The molecule has 258 valence electrons. The van der Waals surface area contributed by atoms with Crippen LogP contribution in [0.3, 0.4) is 0 Å². The van der Waals surface area contributed by atoms with Crippen LogP contribution in [-0.4, -0.2) is 4.57 Å². The van der Waals surface area contributed by atoms with Crippen LogP contribution in [0.4, 0.5) is 0 Å². The summed E-state index contributed by atoms with van der Waals surface area (Å²) in [7, 11) is 0. The predicted octanol–water partition coefficient (Wildman–Crippen LogP) is 14.8. The van der Waals surface area contributed by atoms with Crippen molar-refractivity contribution in [2.75, 3.05) is 0 Å². The lowest BCUT2D eigenvalue weighted by molar-refractivity contribution is 1.10. The summed E-state index contributed by atoms with van der Waals surface area (Å²) in [5.41, 5.74) is 15.5. The Morgan fingerprint density at radius 2 is 0.582 bits per heavy atom. The fourth-order valence-electron chi connectivity index (χ4n) is 8.28. The smallest absolute Gasteiger partial charge is 0.0535 e. The molecule has 0 saturated heterocycles. The Kier molecular flexibility index (Phi) is 8.24. The molecule has 1 aromatic heterocycles. The zero-order chi connectivity index (χ0) is 36.6. The lowest BCUT2D eigenvalue weighted by Gasteiger charge is -2.21. The quantitative estimate of drug-likeness (QED) is 0.146. The van der Waals surface area contributed by atoms with Gasteiger partial charge in [-0.1, -0.05) is 182 Å². The van der Waals surface area contributed by atoms with E-state index in [0.29, 0.717) is 0 Å². The zero-order valence-electron chi connectivity index (χ0n) is 30.3. The first-order valence-electron chi connectivity index (χ1n) is 18.9. The average molecular weight is 700 g/mol. The predicted molar refractivity (Wildman–Crippen MR) is 233 cm³/mol. The molecule has 0 atom stereocenters. The SMILES string of the molecule is c1ccc(-c2cc(-c3ccccc3)cc(-c3c4ccccc4c(-c4ccccc4)c4cc(-n5c(-c6ccccc6)ccc5-c5ccccc5)ccc34)c2)cc1. The van der Waals surface area contributed by atoms with Crippen LogP contribution in [0.2, 0.25) is 0 Å². The first-order chi connectivity index (χ1) is 27.3. The van der Waals surface area contributed by atoms with Crippen LogP contribution in [0, 0.1) is 0 Å². The molecule has 1 nitrogen and oxygen atoms in total. The van der Waals surface area contributed by atoms with Crippen LogP contribution in [-0.2, 0) is 0 Å². The Balaban J connectivity index is 1.31. The van der Waals surface area contributed by atoms with E-state index in [0.717, 1.165) is 17.1 Å². The van der Waals surface area contributed by atoms with Crippen molar-refractivity contribution in [2.45, 2.75) is 0 Å². The van der Waals surface area contributed by atoms with Crippen molar-refractivity contribution >= 4 is 21.5 Å². The molecule has 1 heterocycles. The van der Waals surface area contributed by atoms with Crippen LogP contribution in [0.5, 0.6) is 0 Å². The summed E-state index contributed by atoms with van der Waals surface area (Å²) in [5, 5.41) is 4.91. The first kappa shape index (κ1) is 32.4. The van der Waals surface area contributed by atoms with E-state index < -0.39 is 0 Å². The van der Waals surface area contributed by atoms with E-state index >= 15 is 0 Å². The summed E-state index contributed by atoms with van der Waals surface area (Å²) in [4.78, 5) is 0. The summed E-state index contributed by atoms with van der Waals surface area (Å²) in [6.45, 7) is 0. The van der Waals surface area contributed by atoms with Gasteiger partial charge in [0.15, 0.2) is 0 Å². The van der Waals surface area contributed by atoms with Gasteiger partial charge in [0, 0.05) is 5.69 Å². The van der Waals surface area contributed by atoms with Gasteiger partial charge in [0.25, 0.3) is 0 Å². The van der Waals surface area contributed by atoms with E-state index in [2.05, 4.69) is 229 Å². The van der Waals surface area contributed by atoms with Gasteiger partial charge in [0.2, 0.25) is 0 Å². The molecule has 0 amide bonds. The van der Waals surface area contributed by atoms with Crippen molar-refractivity contribution in [3.63, 3.8) is 0 Å². The zero-order valence-corrected chi connectivity index (χ0v) is 30.3. The van der Waals surface area contributed by atoms with Gasteiger partial charge in [-0.2, -0.15) is 0 Å². The Morgan fingerprint density at radius 3 is 1.05 bits per heavy atom. The summed E-state index contributed by atoms with van der Waals surface area (Å²) >= 11 is 0. The van der Waals surface area contributed by atoms with Gasteiger partial charge in [-0.05, 0) is 120 Å². The monoisotopic (exact) mass is 699 g/mol. The highest BCUT2D eigenvalue weighted by Crippen LogP contribution is 2.46. The minimum absolute atomic E-state index is 1.12. The lowest BCUT2D eigenvalue weighted by Crippen LogP contribution is -2.00. The fourth-order valence-corrected chi connectivity index (χ4v) is 8.28. The van der Waals surface area contributed by atoms with Gasteiger partial charge < -0.3 is 4.57 Å². The molecular formula is C54H37N. The minimum atomic E-state index is 1.12. The van der Waals surface area contributed by atoms with E-state index in [1.165, 1.54) is 77.2 Å². The summed E-state index contributed by atoms with van der Waals surface area (Å²) in [6.07, 6.45) is 0. The second-order valence-corrected chi connectivity index (χ2v) is 14.1. The highest BCUT2D eigenvalue weighted by Gasteiger charge is 2.21. The Labute approximate surface area is 322 Å². The third-order valence-electron chi connectivity index (χ3n) is 10.8. The van der Waals surface area contributed by atoms with E-state index in [1.807, 2.05) is 0 Å². The number of fused-ring (bicyclic) bond motifs is 2. The molecular weight excluding hydrogens is 663 g/mol. The Bertz CT molecular complexity index is 2810. The van der Waals surface area contributed by atoms with Crippen molar-refractivity contribution in [1.29, 1.82) is 0 Å². The molecule has 0 aliphatic rings. The molecule has 1 heteroatoms. The van der Waals surface area contributed by atoms with E-state index in [4.69, 9.17) is 0 Å². The van der Waals surface area contributed by atoms with Crippen LogP contribution in [0.1, 0.15) is 0 Å². The van der Waals surface area contributed by atoms with Crippen LogP contribution in [0.15, 0.2) is 224 Å². The number of benzene rings is 9. The Hall–Kier alpha value is -7.22. The lowest BCUT2D eigenvalue weighted by atomic mass is 9.84. The summed E-state index contributed by atoms with van der Waals surface area (Å²) in [5.74, 6) is 0. The first-order valence-corrected chi connectivity index (χ1v) is 18.9. The molecule has 0 N–H and O–H groups in total. The maximum absolute atomic E-state index is 2.43. The molecule has 10 aromatic rings. The van der Waals surface area contributed by atoms with Gasteiger partial charge >= 0.3 is 0 Å². The maximum Gasteiger partial charge on any atom is 0.0535 e. The molecule has 0 aliphatic carbocycles. The topological polar surface area (TPSA) is 4.93 Å². The number of nitrogens with zero attached hydrogens (tertiary/aromatic N) is 1. The van der Waals surface area contributed by atoms with Crippen molar-refractivity contribution in [3.8, 4) is 72.7 Å². The Morgan fingerprint density at radius 1 is 0.218 bits per heavy atom. The van der Waals surface area contributed by atoms with Gasteiger partial charge in [-0.25, -0.2) is 0 Å². The average Bonchev–Trinajstić information content (AvgIpc) is 3.72. The minimum Gasteiger partial charge on any atom is -0.309 e. The van der Waals surface area contributed by atoms with Crippen LogP contribution < -0.4 is 0 Å². The normalized spacial score (nSPS) is 11.3. The number of aromatic nitrogens is 1. The summed E-state index contributed by atoms with van der Waals surface area (Å²) < 4.78 is 2.43. The molecule has 55 heavy (non-hydrogen) atoms. The molecule has 0 bridgehead atoms. The third-order valence-corrected chi connectivity index (χ3v) is 10.8. The highest BCUT2D eigenvalue weighted by atomic mass is 15.0. The van der Waals surface area contributed by atoms with E-state index in [9.17, 15) is 0 Å². The van der Waals surface area contributed by atoms with Gasteiger partial charge in [-0.3, -0.25) is 0 Å². The highest BCUT2D eigenvalue weighted by molar-refractivity contribution is 6.22. The fraction of sp³-hybridized carbons (Fsp3) is 0. The molecule has 0 aliphatic heterocycles. The molecule has 0 saturated carbocycles. The van der Waals surface area contributed by atoms with Crippen molar-refractivity contribution in [2.24, 2.45) is 0 Å². The van der Waals surface area contributed by atoms with Crippen LogP contribution in [0.25, 0.3) is 94.3 Å². The standard InChI is InChI=1S/C54H37N/c1-6-18-38(19-7-1)43-34-44(39-20-8-2-9-21-39)36-45(35-43)54-48-29-17-16-28-47(48)53(42-26-14-5-15-27-42)50-37-46(30-31-49(50)54)55-51(40-22-10-3-11-23-40)32-33-52(55)41-24-12-4-13-25-41/h1-37H. The van der Waals surface area contributed by atoms with Crippen molar-refractivity contribution in [1.82, 2.24) is 4.57 Å². The molecule has 0 unspecified atom stereocenters. The van der Waals surface area contributed by atoms with E-state index in [1.54, 1.807) is 0 Å². The van der Waals surface area contributed by atoms with Gasteiger partial charge in [0.1, 0.15) is 0 Å². The van der Waals surface area contributed by atoms with Crippen LogP contribution >= 0.6 is 0 Å². The largest absolute Gasteiger partial charge is 0.309 e. The van der Waals surface area contributed by atoms with Crippen molar-refractivity contribution < 1.29 is 0 Å². The molecule has 0 radical (unpaired) electrons. The number of hydrogen-bond donors (Lipinski definition) is 0. The molecule has 0 spiro atoms. The van der Waals surface area contributed by atoms with Gasteiger partial charge in [0.05, 0.1) is 11.4 Å². The van der Waals surface area contributed by atoms with E-state index in [-0.39, 0.29) is 0 Å². The second-order valence-electron chi connectivity index (χ2n) is 14.1. The second kappa shape index (κ2) is 14.0. The molecule has 10 rings (SSSR count). The molecule has 0 fully saturated rings. The number of rotatable bonds is 7. The van der Waals surface area contributed by atoms with Crippen molar-refractivity contribution in [3.05, 3.63) is 224 Å². The number of hydrogen-bond acceptors (Lipinski definition) is 0. The summed E-state index contributed by atoms with van der Waals surface area (Å²) in [6, 6.07) is 81.5. The molecule has 9 aromatic carbocycles. The van der Waals surface area contributed by atoms with Gasteiger partial charge in [-0.15, -0.1) is 0 Å².